The van der Waals surface area contributed by atoms with Gasteiger partial charge in [-0.3, -0.25) is 19.4 Å². The normalized spacial score (nSPS) is 19.7. The van der Waals surface area contributed by atoms with Crippen molar-refractivity contribution in [1.29, 1.82) is 0 Å². The average Bonchev–Trinajstić information content (AvgIpc) is 3.10. The van der Waals surface area contributed by atoms with Crippen LogP contribution >= 0.6 is 0 Å². The van der Waals surface area contributed by atoms with Gasteiger partial charge in [0.05, 0.1) is 23.0 Å². The lowest BCUT2D eigenvalue weighted by molar-refractivity contribution is -0.384. The lowest BCUT2D eigenvalue weighted by Gasteiger charge is -2.13. The summed E-state index contributed by atoms with van der Waals surface area (Å²) in [5, 5.41) is 19.6. The molecule has 0 amide bonds. The zero-order valence-electron chi connectivity index (χ0n) is 13.6. The van der Waals surface area contributed by atoms with Crippen LogP contribution in [0.15, 0.2) is 46.2 Å². The fourth-order valence-corrected chi connectivity index (χ4v) is 3.32. The summed E-state index contributed by atoms with van der Waals surface area (Å²) in [7, 11) is -4.09. The molecule has 2 atom stereocenters. The minimum atomic E-state index is -4.09. The summed E-state index contributed by atoms with van der Waals surface area (Å²) in [6.45, 7) is -0.341. The summed E-state index contributed by atoms with van der Waals surface area (Å²) in [6, 6.07) is 5.49. The second-order valence-electron chi connectivity index (χ2n) is 5.40. The molecule has 144 valence electrons. The van der Waals surface area contributed by atoms with Gasteiger partial charge in [-0.05, 0) is 18.2 Å². The number of hydrogen-bond donors (Lipinski definition) is 2. The van der Waals surface area contributed by atoms with Gasteiger partial charge in [0.15, 0.2) is 12.5 Å². The van der Waals surface area contributed by atoms with E-state index in [1.165, 1.54) is 12.3 Å². The Morgan fingerprint density at radius 2 is 2.04 bits per heavy atom. The fourth-order valence-electron chi connectivity index (χ4n) is 2.32. The number of rotatable bonds is 6. The number of aliphatic hydroxyl groups is 1. The van der Waals surface area contributed by atoms with Crippen LogP contribution in [0, 0.1) is 10.1 Å². The number of anilines is 1. The Balaban J connectivity index is 1.78. The number of aromatic nitrogens is 2. The molecule has 3 rings (SSSR count). The van der Waals surface area contributed by atoms with E-state index in [1.807, 2.05) is 0 Å². The van der Waals surface area contributed by atoms with Gasteiger partial charge in [-0.2, -0.15) is 4.98 Å². The SMILES string of the molecule is O=c1nc(NS(=O)(=O)c2ccc([N+](=O)[O-])cc2)ccn1C1COC(CO)O1. The Kier molecular flexibility index (Phi) is 5.18. The van der Waals surface area contributed by atoms with E-state index < -0.39 is 33.2 Å². The molecule has 0 saturated carbocycles. The van der Waals surface area contributed by atoms with E-state index in [0.29, 0.717) is 0 Å². The maximum absolute atomic E-state index is 12.3. The molecule has 0 radical (unpaired) electrons. The number of nitro benzene ring substituents is 1. The topological polar surface area (TPSA) is 163 Å². The lowest BCUT2D eigenvalue weighted by atomic mass is 10.3. The number of sulfonamides is 1. The lowest BCUT2D eigenvalue weighted by Crippen LogP contribution is -2.29. The molecular formula is C14H14N4O8S. The van der Waals surface area contributed by atoms with E-state index in [1.54, 1.807) is 0 Å². The van der Waals surface area contributed by atoms with Crippen molar-refractivity contribution in [2.45, 2.75) is 17.4 Å². The van der Waals surface area contributed by atoms with Crippen molar-refractivity contribution in [3.63, 3.8) is 0 Å². The summed E-state index contributed by atoms with van der Waals surface area (Å²) in [5.74, 6) is -0.229. The summed E-state index contributed by atoms with van der Waals surface area (Å²) >= 11 is 0. The van der Waals surface area contributed by atoms with Crippen LogP contribution in [-0.2, 0) is 19.5 Å². The number of aliphatic hydroxyl groups excluding tert-OH is 1. The Morgan fingerprint density at radius 3 is 2.59 bits per heavy atom. The maximum Gasteiger partial charge on any atom is 0.351 e. The van der Waals surface area contributed by atoms with Gasteiger partial charge in [-0.15, -0.1) is 0 Å². The predicted octanol–water partition coefficient (Wildman–Crippen LogP) is -0.184. The quantitative estimate of drug-likeness (QED) is 0.496. The van der Waals surface area contributed by atoms with Gasteiger partial charge >= 0.3 is 5.69 Å². The van der Waals surface area contributed by atoms with Crippen molar-refractivity contribution in [2.24, 2.45) is 0 Å². The fraction of sp³-hybridized carbons (Fsp3) is 0.286. The summed E-state index contributed by atoms with van der Waals surface area (Å²) in [6.07, 6.45) is -0.360. The van der Waals surface area contributed by atoms with Crippen LogP contribution in [0.5, 0.6) is 0 Å². The Bertz CT molecular complexity index is 1000. The molecule has 2 heterocycles. The molecule has 1 aromatic carbocycles. The van der Waals surface area contributed by atoms with Crippen LogP contribution in [0.1, 0.15) is 6.23 Å². The molecular weight excluding hydrogens is 384 g/mol. The molecule has 1 aliphatic rings. The predicted molar refractivity (Wildman–Crippen MR) is 89.3 cm³/mol. The van der Waals surface area contributed by atoms with Crippen molar-refractivity contribution in [3.05, 3.63) is 57.1 Å². The number of non-ortho nitro benzene ring substituents is 1. The van der Waals surface area contributed by atoms with E-state index >= 15 is 0 Å². The first-order valence-corrected chi connectivity index (χ1v) is 9.03. The van der Waals surface area contributed by atoms with Crippen molar-refractivity contribution in [1.82, 2.24) is 9.55 Å². The number of nitrogens with zero attached hydrogens (tertiary/aromatic N) is 3. The molecule has 0 aliphatic carbocycles. The van der Waals surface area contributed by atoms with Gasteiger partial charge in [0.1, 0.15) is 5.82 Å². The largest absolute Gasteiger partial charge is 0.391 e. The minimum absolute atomic E-state index is 0.0285. The third-order valence-electron chi connectivity index (χ3n) is 3.62. The zero-order valence-corrected chi connectivity index (χ0v) is 14.4. The van der Waals surface area contributed by atoms with Crippen LogP contribution in [0.25, 0.3) is 0 Å². The second kappa shape index (κ2) is 7.40. The Hall–Kier alpha value is -2.87. The molecule has 1 aliphatic heterocycles. The molecule has 27 heavy (non-hydrogen) atoms. The summed E-state index contributed by atoms with van der Waals surface area (Å²) in [4.78, 5) is 25.5. The number of ether oxygens (including phenoxy) is 2. The Labute approximate surface area is 152 Å². The van der Waals surface area contributed by atoms with Gasteiger partial charge in [0, 0.05) is 18.3 Å². The molecule has 1 saturated heterocycles. The average molecular weight is 398 g/mol. The summed E-state index contributed by atoms with van der Waals surface area (Å²) < 4.78 is 38.2. The maximum atomic E-state index is 12.3. The first-order chi connectivity index (χ1) is 12.8. The molecule has 2 unspecified atom stereocenters. The summed E-state index contributed by atoms with van der Waals surface area (Å²) in [5.41, 5.74) is -1.04. The molecule has 12 nitrogen and oxygen atoms in total. The van der Waals surface area contributed by atoms with Gasteiger partial charge in [0.2, 0.25) is 0 Å². The van der Waals surface area contributed by atoms with E-state index in [9.17, 15) is 23.3 Å². The van der Waals surface area contributed by atoms with Crippen molar-refractivity contribution >= 4 is 21.5 Å². The zero-order chi connectivity index (χ0) is 19.6. The van der Waals surface area contributed by atoms with Gasteiger partial charge in [0.25, 0.3) is 15.7 Å². The molecule has 2 aromatic rings. The molecule has 2 N–H and O–H groups in total. The number of benzene rings is 1. The highest BCUT2D eigenvalue weighted by Crippen LogP contribution is 2.20. The van der Waals surface area contributed by atoms with Gasteiger partial charge in [-0.1, -0.05) is 0 Å². The highest BCUT2D eigenvalue weighted by Gasteiger charge is 2.27. The molecule has 1 aromatic heterocycles. The van der Waals surface area contributed by atoms with Crippen LogP contribution < -0.4 is 10.4 Å². The third-order valence-corrected chi connectivity index (χ3v) is 4.99. The number of nitrogens with one attached hydrogen (secondary N) is 1. The van der Waals surface area contributed by atoms with E-state index in [0.717, 1.165) is 28.8 Å². The van der Waals surface area contributed by atoms with Gasteiger partial charge < -0.3 is 14.6 Å². The number of hydrogen-bond acceptors (Lipinski definition) is 9. The standard InChI is InChI=1S/C14H14N4O8S/c19-7-13-25-8-12(26-13)17-6-5-11(15-14(17)20)16-27(23,24)10-3-1-9(2-4-10)18(21)22/h1-6,12-13,19H,7-8H2,(H,15,16,20). The van der Waals surface area contributed by atoms with Crippen LogP contribution in [0.3, 0.4) is 0 Å². The van der Waals surface area contributed by atoms with Crippen molar-refractivity contribution in [3.8, 4) is 0 Å². The van der Waals surface area contributed by atoms with Crippen LogP contribution in [0.2, 0.25) is 0 Å². The van der Waals surface area contributed by atoms with Crippen molar-refractivity contribution < 1.29 is 27.9 Å². The van der Waals surface area contributed by atoms with Crippen molar-refractivity contribution in [2.75, 3.05) is 17.9 Å². The molecule has 0 spiro atoms. The first kappa shape index (κ1) is 18.9. The van der Waals surface area contributed by atoms with E-state index in [4.69, 9.17) is 14.6 Å². The third kappa shape index (κ3) is 4.11. The van der Waals surface area contributed by atoms with E-state index in [2.05, 4.69) is 9.71 Å². The Morgan fingerprint density at radius 1 is 1.33 bits per heavy atom. The van der Waals surface area contributed by atoms with E-state index in [-0.39, 0.29) is 29.6 Å². The highest BCUT2D eigenvalue weighted by molar-refractivity contribution is 7.92. The molecule has 13 heteroatoms. The minimum Gasteiger partial charge on any atom is -0.391 e. The smallest absolute Gasteiger partial charge is 0.351 e. The molecule has 0 bridgehead atoms. The van der Waals surface area contributed by atoms with Crippen LogP contribution in [0.4, 0.5) is 11.5 Å². The number of nitro groups is 1. The second-order valence-corrected chi connectivity index (χ2v) is 7.08. The first-order valence-electron chi connectivity index (χ1n) is 7.54. The van der Waals surface area contributed by atoms with Crippen LogP contribution in [-0.4, -0.2) is 47.5 Å². The van der Waals surface area contributed by atoms with Gasteiger partial charge in [-0.25, -0.2) is 13.2 Å². The monoisotopic (exact) mass is 398 g/mol. The molecule has 1 fully saturated rings. The highest BCUT2D eigenvalue weighted by atomic mass is 32.2.